The Kier molecular flexibility index (Phi) is 7.18. The molecule has 2 aromatic rings. The van der Waals surface area contributed by atoms with Crippen molar-refractivity contribution < 1.29 is 19.6 Å². The SMILES string of the molecule is CC[C@H](C)[C@H](OCc1ccccc1)[C@H]1[C@H]([N+](=O)[O-])[C@H](c2ccccc2)N[C@@H]1C(=O)O. The number of hydrogen-bond donors (Lipinski definition) is 2. The molecule has 0 amide bonds. The average Bonchev–Trinajstić information content (AvgIpc) is 3.16. The Morgan fingerprint density at radius 1 is 1.17 bits per heavy atom. The number of carboxylic acid groups (broad SMARTS) is 1. The maximum absolute atomic E-state index is 12.2. The lowest BCUT2D eigenvalue weighted by atomic mass is 9.80. The van der Waals surface area contributed by atoms with Gasteiger partial charge in [0.15, 0.2) is 0 Å². The second kappa shape index (κ2) is 9.82. The van der Waals surface area contributed by atoms with Crippen molar-refractivity contribution in [2.75, 3.05) is 0 Å². The highest BCUT2D eigenvalue weighted by molar-refractivity contribution is 5.75. The summed E-state index contributed by atoms with van der Waals surface area (Å²) in [6.45, 7) is 4.22. The van der Waals surface area contributed by atoms with E-state index < -0.39 is 36.1 Å². The van der Waals surface area contributed by atoms with Crippen molar-refractivity contribution in [3.05, 3.63) is 81.9 Å². The number of aliphatic carboxylic acids is 1. The molecule has 1 heterocycles. The lowest BCUT2D eigenvalue weighted by Crippen LogP contribution is -2.47. The van der Waals surface area contributed by atoms with Gasteiger partial charge in [0.2, 0.25) is 6.04 Å². The first-order valence-electron chi connectivity index (χ1n) is 10.3. The van der Waals surface area contributed by atoms with Crippen LogP contribution < -0.4 is 5.32 Å². The van der Waals surface area contributed by atoms with E-state index in [0.29, 0.717) is 5.56 Å². The number of nitrogens with zero attached hydrogens (tertiary/aromatic N) is 1. The first kappa shape index (κ1) is 21.9. The summed E-state index contributed by atoms with van der Waals surface area (Å²) >= 11 is 0. The molecule has 160 valence electrons. The predicted molar refractivity (Wildman–Crippen MR) is 112 cm³/mol. The van der Waals surface area contributed by atoms with Crippen LogP contribution in [0, 0.1) is 22.0 Å². The van der Waals surface area contributed by atoms with Gasteiger partial charge in [-0.25, -0.2) is 0 Å². The Hall–Kier alpha value is -2.77. The standard InChI is InChI=1S/C23H28N2O5/c1-3-15(2)22(30-14-16-10-6-4-7-11-16)18-20(23(26)27)24-19(21(18)25(28)29)17-12-8-5-9-13-17/h4-13,15,18-22,24H,3,14H2,1-2H3,(H,26,27)/t15-,18+,19-,20-,21-,22-/m0/s1. The first-order valence-corrected chi connectivity index (χ1v) is 10.3. The maximum Gasteiger partial charge on any atom is 0.321 e. The van der Waals surface area contributed by atoms with Gasteiger partial charge in [0.25, 0.3) is 0 Å². The van der Waals surface area contributed by atoms with E-state index in [9.17, 15) is 20.0 Å². The van der Waals surface area contributed by atoms with Gasteiger partial charge in [-0.1, -0.05) is 80.9 Å². The minimum atomic E-state index is -1.11. The van der Waals surface area contributed by atoms with Crippen molar-refractivity contribution in [3.8, 4) is 0 Å². The normalized spacial score (nSPS) is 25.5. The molecule has 0 spiro atoms. The van der Waals surface area contributed by atoms with E-state index in [-0.39, 0.29) is 17.4 Å². The predicted octanol–water partition coefficient (Wildman–Crippen LogP) is 3.68. The van der Waals surface area contributed by atoms with Crippen molar-refractivity contribution >= 4 is 5.97 Å². The minimum absolute atomic E-state index is 0.0423. The Labute approximate surface area is 176 Å². The van der Waals surface area contributed by atoms with Crippen molar-refractivity contribution in [2.24, 2.45) is 11.8 Å². The summed E-state index contributed by atoms with van der Waals surface area (Å²) in [6, 6.07) is 15.7. The molecule has 0 unspecified atom stereocenters. The van der Waals surface area contributed by atoms with E-state index in [2.05, 4.69) is 5.32 Å². The van der Waals surface area contributed by atoms with Crippen molar-refractivity contribution in [1.82, 2.24) is 5.32 Å². The molecule has 0 aromatic heterocycles. The summed E-state index contributed by atoms with van der Waals surface area (Å²) < 4.78 is 6.20. The van der Waals surface area contributed by atoms with Gasteiger partial charge in [-0.15, -0.1) is 0 Å². The van der Waals surface area contributed by atoms with E-state index in [1.54, 1.807) is 24.3 Å². The molecular weight excluding hydrogens is 384 g/mol. The van der Waals surface area contributed by atoms with E-state index in [1.165, 1.54) is 0 Å². The fraction of sp³-hybridized carbons (Fsp3) is 0.435. The number of carbonyl (C=O) groups is 1. The molecule has 1 fully saturated rings. The second-order valence-corrected chi connectivity index (χ2v) is 7.87. The highest BCUT2D eigenvalue weighted by atomic mass is 16.6. The third-order valence-corrected chi connectivity index (χ3v) is 6.02. The van der Waals surface area contributed by atoms with Gasteiger partial charge in [-0.05, 0) is 17.0 Å². The van der Waals surface area contributed by atoms with Gasteiger partial charge in [-0.2, -0.15) is 0 Å². The summed E-state index contributed by atoms with van der Waals surface area (Å²) in [5.74, 6) is -1.94. The lowest BCUT2D eigenvalue weighted by molar-refractivity contribution is -0.535. The Bertz CT molecular complexity index is 845. The lowest BCUT2D eigenvalue weighted by Gasteiger charge is -2.31. The zero-order valence-electron chi connectivity index (χ0n) is 17.2. The maximum atomic E-state index is 12.2. The molecule has 1 aliphatic heterocycles. The molecule has 0 bridgehead atoms. The molecule has 30 heavy (non-hydrogen) atoms. The van der Waals surface area contributed by atoms with Gasteiger partial charge in [-0.3, -0.25) is 20.2 Å². The molecule has 0 saturated carbocycles. The number of nitro groups is 1. The van der Waals surface area contributed by atoms with E-state index in [0.717, 1.165) is 12.0 Å². The molecule has 2 N–H and O–H groups in total. The van der Waals surface area contributed by atoms with Crippen LogP contribution in [0.3, 0.4) is 0 Å². The highest BCUT2D eigenvalue weighted by Crippen LogP contribution is 2.39. The third kappa shape index (κ3) is 4.68. The Morgan fingerprint density at radius 2 is 1.77 bits per heavy atom. The number of benzene rings is 2. The van der Waals surface area contributed by atoms with E-state index in [4.69, 9.17) is 4.74 Å². The highest BCUT2D eigenvalue weighted by Gasteiger charge is 2.57. The molecular formula is C23H28N2O5. The van der Waals surface area contributed by atoms with Gasteiger partial charge in [0.1, 0.15) is 12.1 Å². The molecule has 1 saturated heterocycles. The fourth-order valence-corrected chi connectivity index (χ4v) is 4.31. The summed E-state index contributed by atoms with van der Waals surface area (Å²) in [7, 11) is 0. The molecule has 6 atom stereocenters. The quantitative estimate of drug-likeness (QED) is 0.481. The average molecular weight is 412 g/mol. The summed E-state index contributed by atoms with van der Waals surface area (Å²) in [4.78, 5) is 23.9. The fourth-order valence-electron chi connectivity index (χ4n) is 4.31. The van der Waals surface area contributed by atoms with E-state index >= 15 is 0 Å². The van der Waals surface area contributed by atoms with Crippen LogP contribution in [-0.2, 0) is 16.1 Å². The molecule has 0 aliphatic carbocycles. The third-order valence-electron chi connectivity index (χ3n) is 6.02. The van der Waals surface area contributed by atoms with Crippen LogP contribution in [0.5, 0.6) is 0 Å². The second-order valence-electron chi connectivity index (χ2n) is 7.87. The summed E-state index contributed by atoms with van der Waals surface area (Å²) in [5, 5.41) is 25.1. The molecule has 2 aromatic carbocycles. The van der Waals surface area contributed by atoms with Crippen LogP contribution >= 0.6 is 0 Å². The van der Waals surface area contributed by atoms with Gasteiger partial charge in [0.05, 0.1) is 18.6 Å². The number of carboxylic acids is 1. The zero-order chi connectivity index (χ0) is 21.7. The van der Waals surface area contributed by atoms with Crippen LogP contribution in [0.4, 0.5) is 0 Å². The zero-order valence-corrected chi connectivity index (χ0v) is 17.2. The minimum Gasteiger partial charge on any atom is -0.480 e. The molecule has 7 nitrogen and oxygen atoms in total. The smallest absolute Gasteiger partial charge is 0.321 e. The number of hydrogen-bond acceptors (Lipinski definition) is 5. The van der Waals surface area contributed by atoms with E-state index in [1.807, 2.05) is 50.2 Å². The topological polar surface area (TPSA) is 102 Å². The summed E-state index contributed by atoms with van der Waals surface area (Å²) in [5.41, 5.74) is 1.65. The van der Waals surface area contributed by atoms with Crippen molar-refractivity contribution in [2.45, 2.75) is 51.1 Å². The van der Waals surface area contributed by atoms with Gasteiger partial charge < -0.3 is 9.84 Å². The van der Waals surface area contributed by atoms with Crippen LogP contribution in [-0.4, -0.2) is 34.2 Å². The van der Waals surface area contributed by atoms with Crippen molar-refractivity contribution in [1.29, 1.82) is 0 Å². The monoisotopic (exact) mass is 412 g/mol. The molecule has 1 aliphatic rings. The van der Waals surface area contributed by atoms with Crippen LogP contribution in [0.2, 0.25) is 0 Å². The molecule has 3 rings (SSSR count). The van der Waals surface area contributed by atoms with Crippen LogP contribution in [0.15, 0.2) is 60.7 Å². The number of nitrogens with one attached hydrogen (secondary N) is 1. The number of ether oxygens (including phenoxy) is 1. The van der Waals surface area contributed by atoms with Gasteiger partial charge in [0, 0.05) is 4.92 Å². The van der Waals surface area contributed by atoms with Crippen LogP contribution in [0.25, 0.3) is 0 Å². The van der Waals surface area contributed by atoms with Crippen LogP contribution in [0.1, 0.15) is 37.4 Å². The first-order chi connectivity index (χ1) is 14.4. The Balaban J connectivity index is 1.96. The molecule has 0 radical (unpaired) electrons. The molecule has 7 heteroatoms. The number of rotatable bonds is 9. The summed E-state index contributed by atoms with van der Waals surface area (Å²) in [6.07, 6.45) is 0.149. The van der Waals surface area contributed by atoms with Gasteiger partial charge >= 0.3 is 5.97 Å². The Morgan fingerprint density at radius 3 is 2.30 bits per heavy atom. The largest absolute Gasteiger partial charge is 0.480 e. The van der Waals surface area contributed by atoms with Crippen molar-refractivity contribution in [3.63, 3.8) is 0 Å².